The summed E-state index contributed by atoms with van der Waals surface area (Å²) in [7, 11) is 0. The van der Waals surface area contributed by atoms with Crippen LogP contribution >= 0.6 is 0 Å². The fourth-order valence-corrected chi connectivity index (χ4v) is 9.34. The Morgan fingerprint density at radius 3 is 1.26 bits per heavy atom. The minimum absolute atomic E-state index is 0.0270. The molecule has 0 spiro atoms. The summed E-state index contributed by atoms with van der Waals surface area (Å²) in [5.74, 6) is -4.78. The number of aryl methyl sites for hydroxylation is 1. The molecule has 6 aromatic rings. The summed E-state index contributed by atoms with van der Waals surface area (Å²) in [5, 5.41) is 0. The van der Waals surface area contributed by atoms with Crippen molar-refractivity contribution in [3.05, 3.63) is 189 Å². The topological polar surface area (TPSA) is 74.8 Å². The molecule has 1 unspecified atom stereocenters. The summed E-state index contributed by atoms with van der Waals surface area (Å²) < 4.78 is 139. The highest BCUT2D eigenvalue weighted by molar-refractivity contribution is 6.35. The number of amides is 4. The Bertz CT molecular complexity index is 3110. The lowest BCUT2D eigenvalue weighted by Crippen LogP contribution is -2.55. The number of rotatable bonds is 7. The first-order chi connectivity index (χ1) is 32.3. The summed E-state index contributed by atoms with van der Waals surface area (Å²) in [6, 6.07) is 24.8. The summed E-state index contributed by atoms with van der Waals surface area (Å²) in [6.45, 7) is 14.9. The van der Waals surface area contributed by atoms with E-state index in [0.29, 0.717) is 45.2 Å². The van der Waals surface area contributed by atoms with Gasteiger partial charge < -0.3 is 0 Å². The van der Waals surface area contributed by atoms with E-state index in [9.17, 15) is 32.3 Å². The number of benzene rings is 6. The van der Waals surface area contributed by atoms with Gasteiger partial charge in [-0.1, -0.05) is 120 Å². The molecule has 0 saturated carbocycles. The molecule has 1 atom stereocenters. The number of hydrogen-bond acceptors (Lipinski definition) is 4. The third kappa shape index (κ3) is 7.77. The Balaban J connectivity index is 1.20. The molecular formula is C55H45F9N2O4. The highest BCUT2D eigenvalue weighted by Crippen LogP contribution is 2.57. The number of carbonyl (C=O) groups is 4. The normalized spacial score (nSPS) is 15.7. The molecule has 6 nitrogen and oxygen atoms in total. The highest BCUT2D eigenvalue weighted by atomic mass is 19.4. The van der Waals surface area contributed by atoms with Gasteiger partial charge in [0.15, 0.2) is 0 Å². The smallest absolute Gasteiger partial charge is 0.268 e. The Hall–Kier alpha value is -7.03. The van der Waals surface area contributed by atoms with Gasteiger partial charge in [-0.2, -0.15) is 39.5 Å². The summed E-state index contributed by atoms with van der Waals surface area (Å²) >= 11 is 0. The molecule has 4 amide bonds. The average molecular weight is 969 g/mol. The number of fused-ring (bicyclic) bond motifs is 2. The van der Waals surface area contributed by atoms with Gasteiger partial charge in [0.1, 0.15) is 5.41 Å². The molecule has 0 radical (unpaired) electrons. The van der Waals surface area contributed by atoms with Crippen LogP contribution in [0.5, 0.6) is 0 Å². The van der Waals surface area contributed by atoms with Crippen molar-refractivity contribution in [1.29, 1.82) is 0 Å². The van der Waals surface area contributed by atoms with Gasteiger partial charge >= 0.3 is 18.5 Å². The molecule has 70 heavy (non-hydrogen) atoms. The Kier molecular flexibility index (Phi) is 11.5. The van der Waals surface area contributed by atoms with Gasteiger partial charge in [0.05, 0.1) is 33.6 Å². The molecule has 8 rings (SSSR count). The Morgan fingerprint density at radius 1 is 0.357 bits per heavy atom. The molecular weight excluding hydrogens is 924 g/mol. The van der Waals surface area contributed by atoms with E-state index < -0.39 is 97.6 Å². The number of carbonyl (C=O) groups excluding carboxylic acids is 4. The van der Waals surface area contributed by atoms with E-state index in [0.717, 1.165) is 53.9 Å². The van der Waals surface area contributed by atoms with Crippen LogP contribution in [0.3, 0.4) is 0 Å². The number of nitrogens with zero attached hydrogens (tertiary/aromatic N) is 2. The van der Waals surface area contributed by atoms with Crippen molar-refractivity contribution in [2.45, 2.75) is 95.6 Å². The number of anilines is 2. The monoisotopic (exact) mass is 968 g/mol. The second-order valence-electron chi connectivity index (χ2n) is 20.1. The SMILES string of the molecule is Cc1cc(-c2cc(C(C)(C)C)cc(C(C)(C)C)c2)cc(N2C(=O)c3ccc(C(c4ccc5c(c4)C(=O)N(c4cccc(C(C)(c6ccccc6)C(F)(F)F)c4)C5=O)(C(F)(F)F)C(F)(F)F)cc3C2=O)c1. The summed E-state index contributed by atoms with van der Waals surface area (Å²) in [6.07, 6.45) is -17.4. The lowest BCUT2D eigenvalue weighted by atomic mass is 9.71. The van der Waals surface area contributed by atoms with Gasteiger partial charge in [-0.15, -0.1) is 0 Å². The van der Waals surface area contributed by atoms with Crippen LogP contribution in [0.4, 0.5) is 50.9 Å². The molecule has 0 bridgehead atoms. The van der Waals surface area contributed by atoms with Crippen molar-refractivity contribution in [2.75, 3.05) is 9.80 Å². The largest absolute Gasteiger partial charge is 0.411 e. The zero-order chi connectivity index (χ0) is 51.5. The van der Waals surface area contributed by atoms with Gasteiger partial charge in [-0.05, 0) is 123 Å². The van der Waals surface area contributed by atoms with Crippen molar-refractivity contribution in [3.63, 3.8) is 0 Å². The fourth-order valence-electron chi connectivity index (χ4n) is 9.34. The molecule has 0 aromatic heterocycles. The first kappa shape index (κ1) is 49.4. The molecule has 15 heteroatoms. The molecule has 2 heterocycles. The lowest BCUT2D eigenvalue weighted by Gasteiger charge is -2.38. The number of imide groups is 2. The first-order valence-corrected chi connectivity index (χ1v) is 22.0. The predicted octanol–water partition coefficient (Wildman–Crippen LogP) is 14.1. The van der Waals surface area contributed by atoms with Crippen molar-refractivity contribution < 1.29 is 58.7 Å². The lowest BCUT2D eigenvalue weighted by molar-refractivity contribution is -0.288. The van der Waals surface area contributed by atoms with Crippen molar-refractivity contribution >= 4 is 35.0 Å². The predicted molar refractivity (Wildman–Crippen MR) is 247 cm³/mol. The second kappa shape index (κ2) is 16.3. The van der Waals surface area contributed by atoms with Gasteiger partial charge in [0.2, 0.25) is 5.41 Å². The van der Waals surface area contributed by atoms with Crippen LogP contribution in [0.15, 0.2) is 127 Å². The molecule has 2 aliphatic heterocycles. The standard InChI is InChI=1S/C55H45F9N2O4/c1-30-21-31(32-23-37(49(2,3)4)26-38(24-32)50(5,6)7)25-40(22-30)66-46(68)42-20-18-36(29-44(42)48(66)70)52(54(59,60)61,55(62,63)64)35-17-19-41-43(28-35)47(69)65(45(41)67)39-16-12-15-34(27-39)51(8,53(56,57)58)33-13-10-9-11-14-33/h9-29H,1-8H3. The quantitative estimate of drug-likeness (QED) is 0.118. The van der Waals surface area contributed by atoms with Crippen LogP contribution in [0.2, 0.25) is 0 Å². The third-order valence-electron chi connectivity index (χ3n) is 13.4. The van der Waals surface area contributed by atoms with Gasteiger partial charge in [-0.3, -0.25) is 19.2 Å². The van der Waals surface area contributed by atoms with Crippen molar-refractivity contribution in [2.24, 2.45) is 0 Å². The number of halogens is 9. The van der Waals surface area contributed by atoms with Crippen LogP contribution in [-0.2, 0) is 21.7 Å². The zero-order valence-corrected chi connectivity index (χ0v) is 39.1. The average Bonchev–Trinajstić information content (AvgIpc) is 3.67. The number of hydrogen-bond donors (Lipinski definition) is 0. The van der Waals surface area contributed by atoms with Crippen molar-refractivity contribution in [1.82, 2.24) is 0 Å². The summed E-state index contributed by atoms with van der Waals surface area (Å²) in [5.41, 5.74) is -11.0. The third-order valence-corrected chi connectivity index (χ3v) is 13.4. The molecule has 0 saturated heterocycles. The van der Waals surface area contributed by atoms with E-state index in [-0.39, 0.29) is 28.1 Å². The van der Waals surface area contributed by atoms with E-state index in [1.165, 1.54) is 36.4 Å². The Labute approximate surface area is 397 Å². The maximum atomic E-state index is 15.7. The van der Waals surface area contributed by atoms with E-state index in [1.54, 1.807) is 13.0 Å². The molecule has 362 valence electrons. The maximum absolute atomic E-state index is 15.7. The van der Waals surface area contributed by atoms with Gasteiger partial charge in [0.25, 0.3) is 23.6 Å². The maximum Gasteiger partial charge on any atom is 0.411 e. The van der Waals surface area contributed by atoms with Crippen LogP contribution in [0.25, 0.3) is 11.1 Å². The van der Waals surface area contributed by atoms with Crippen LogP contribution in [-0.4, -0.2) is 42.2 Å². The molecule has 0 fully saturated rings. The van der Waals surface area contributed by atoms with Crippen LogP contribution in [0.1, 0.15) is 129 Å². The minimum atomic E-state index is -6.24. The van der Waals surface area contributed by atoms with Crippen LogP contribution in [0, 0.1) is 6.92 Å². The number of alkyl halides is 9. The van der Waals surface area contributed by atoms with E-state index in [1.807, 2.05) is 59.7 Å². The molecule has 0 aliphatic carbocycles. The minimum Gasteiger partial charge on any atom is -0.268 e. The fraction of sp³-hybridized carbons (Fsp3) is 0.273. The highest BCUT2D eigenvalue weighted by Gasteiger charge is 2.73. The first-order valence-electron chi connectivity index (χ1n) is 22.0. The van der Waals surface area contributed by atoms with Crippen LogP contribution < -0.4 is 9.80 Å². The van der Waals surface area contributed by atoms with Crippen molar-refractivity contribution in [3.8, 4) is 11.1 Å². The zero-order valence-electron chi connectivity index (χ0n) is 39.1. The molecule has 6 aromatic carbocycles. The van der Waals surface area contributed by atoms with Gasteiger partial charge in [-0.25, -0.2) is 9.80 Å². The van der Waals surface area contributed by atoms with Gasteiger partial charge in [0, 0.05) is 0 Å². The van der Waals surface area contributed by atoms with E-state index in [4.69, 9.17) is 0 Å². The summed E-state index contributed by atoms with van der Waals surface area (Å²) in [4.78, 5) is 57.2. The Morgan fingerprint density at radius 2 is 0.800 bits per heavy atom. The van der Waals surface area contributed by atoms with E-state index >= 15 is 26.3 Å². The molecule has 2 aliphatic rings. The molecule has 0 N–H and O–H groups in total. The second-order valence-corrected chi connectivity index (χ2v) is 20.1. The van der Waals surface area contributed by atoms with E-state index in [2.05, 4.69) is 6.07 Å².